The summed E-state index contributed by atoms with van der Waals surface area (Å²) < 4.78 is 23.4. The highest BCUT2D eigenvalue weighted by Gasteiger charge is 2.18. The Kier molecular flexibility index (Phi) is 6.14. The van der Waals surface area contributed by atoms with Gasteiger partial charge in [-0.25, -0.2) is 0 Å². The van der Waals surface area contributed by atoms with Crippen LogP contribution < -0.4 is 0 Å². The van der Waals surface area contributed by atoms with Gasteiger partial charge in [0.2, 0.25) is 0 Å². The van der Waals surface area contributed by atoms with E-state index >= 15 is 0 Å². The van der Waals surface area contributed by atoms with E-state index in [9.17, 15) is 4.57 Å². The van der Waals surface area contributed by atoms with E-state index in [1.54, 1.807) is 19.9 Å². The van der Waals surface area contributed by atoms with Gasteiger partial charge in [0.1, 0.15) is 0 Å². The fourth-order valence-corrected chi connectivity index (χ4v) is 2.99. The Bertz CT molecular complexity index is 422. The molecule has 17 heavy (non-hydrogen) atoms. The van der Waals surface area contributed by atoms with Crippen molar-refractivity contribution < 1.29 is 13.6 Å². The van der Waals surface area contributed by atoms with Crippen molar-refractivity contribution in [3.05, 3.63) is 40.1 Å². The summed E-state index contributed by atoms with van der Waals surface area (Å²) in [6.07, 6.45) is 1.75. The third-order valence-corrected chi connectivity index (χ3v) is 4.43. The van der Waals surface area contributed by atoms with Gasteiger partial charge < -0.3 is 9.05 Å². The average molecular weight is 319 g/mol. The lowest BCUT2D eigenvalue weighted by Gasteiger charge is -2.12. The van der Waals surface area contributed by atoms with Crippen molar-refractivity contribution in [1.29, 1.82) is 0 Å². The lowest BCUT2D eigenvalue weighted by Crippen LogP contribution is -1.92. The summed E-state index contributed by atoms with van der Waals surface area (Å²) in [5, 5.41) is 0. The van der Waals surface area contributed by atoms with Crippen LogP contribution in [0.25, 0.3) is 6.08 Å². The standard InChI is InChI=1S/C12H16BrO3P/c1-3-15-17(14,16-4-2)10-9-11-7-5-6-8-12(11)13/h5-10H,3-4H2,1-2H3/b10-9+. The summed E-state index contributed by atoms with van der Waals surface area (Å²) in [6.45, 7) is 4.30. The van der Waals surface area contributed by atoms with Crippen LogP contribution in [-0.4, -0.2) is 13.2 Å². The maximum absolute atomic E-state index is 12.2. The summed E-state index contributed by atoms with van der Waals surface area (Å²) in [7, 11) is -3.11. The molecule has 1 aromatic carbocycles. The molecule has 94 valence electrons. The first-order chi connectivity index (χ1) is 8.11. The molecule has 0 atom stereocenters. The van der Waals surface area contributed by atoms with E-state index in [-0.39, 0.29) is 0 Å². The second kappa shape index (κ2) is 7.12. The van der Waals surface area contributed by atoms with Gasteiger partial charge in [-0.15, -0.1) is 0 Å². The molecular weight excluding hydrogens is 303 g/mol. The molecule has 0 amide bonds. The van der Waals surface area contributed by atoms with Gasteiger partial charge in [-0.3, -0.25) is 4.57 Å². The molecule has 3 nitrogen and oxygen atoms in total. The van der Waals surface area contributed by atoms with Gasteiger partial charge in [0, 0.05) is 10.3 Å². The van der Waals surface area contributed by atoms with Gasteiger partial charge in [-0.2, -0.15) is 0 Å². The van der Waals surface area contributed by atoms with Crippen LogP contribution in [0.2, 0.25) is 0 Å². The fraction of sp³-hybridized carbons (Fsp3) is 0.333. The van der Waals surface area contributed by atoms with Gasteiger partial charge in [0.15, 0.2) is 0 Å². The highest BCUT2D eigenvalue weighted by Crippen LogP contribution is 2.50. The van der Waals surface area contributed by atoms with E-state index in [1.165, 1.54) is 5.82 Å². The summed E-state index contributed by atoms with van der Waals surface area (Å²) in [4.78, 5) is 0. The zero-order valence-electron chi connectivity index (χ0n) is 9.93. The molecule has 0 aliphatic carbocycles. The zero-order chi connectivity index (χ0) is 12.7. The lowest BCUT2D eigenvalue weighted by atomic mass is 10.2. The molecule has 0 bridgehead atoms. The quantitative estimate of drug-likeness (QED) is 0.714. The number of hydrogen-bond acceptors (Lipinski definition) is 3. The molecule has 1 rings (SSSR count). The largest absolute Gasteiger partial charge is 0.354 e. The first-order valence-electron chi connectivity index (χ1n) is 5.44. The van der Waals surface area contributed by atoms with Crippen LogP contribution >= 0.6 is 23.5 Å². The molecule has 0 heterocycles. The Morgan fingerprint density at radius 3 is 2.35 bits per heavy atom. The average Bonchev–Trinajstić information content (AvgIpc) is 2.29. The molecule has 5 heteroatoms. The SMILES string of the molecule is CCOP(=O)(/C=C/c1ccccc1Br)OCC. The maximum Gasteiger partial charge on any atom is 0.354 e. The van der Waals surface area contributed by atoms with Crippen molar-refractivity contribution in [2.45, 2.75) is 13.8 Å². The van der Waals surface area contributed by atoms with Crippen LogP contribution in [0.1, 0.15) is 19.4 Å². The van der Waals surface area contributed by atoms with E-state index < -0.39 is 7.60 Å². The molecule has 1 aromatic rings. The van der Waals surface area contributed by atoms with Crippen molar-refractivity contribution in [2.24, 2.45) is 0 Å². The van der Waals surface area contributed by atoms with Gasteiger partial charge in [0.05, 0.1) is 13.2 Å². The first-order valence-corrected chi connectivity index (χ1v) is 7.84. The third-order valence-electron chi connectivity index (χ3n) is 1.96. The minimum Gasteiger partial charge on any atom is -0.306 e. The van der Waals surface area contributed by atoms with Crippen molar-refractivity contribution >= 4 is 29.6 Å². The van der Waals surface area contributed by atoms with Gasteiger partial charge in [0.25, 0.3) is 0 Å². The Balaban J connectivity index is 2.87. The summed E-state index contributed by atoms with van der Waals surface area (Å²) >= 11 is 3.42. The van der Waals surface area contributed by atoms with Crippen LogP contribution in [0.3, 0.4) is 0 Å². The molecule has 0 saturated carbocycles. The van der Waals surface area contributed by atoms with E-state index in [4.69, 9.17) is 9.05 Å². The Morgan fingerprint density at radius 1 is 1.24 bits per heavy atom. The fourth-order valence-electron chi connectivity index (χ4n) is 1.27. The van der Waals surface area contributed by atoms with E-state index in [1.807, 2.05) is 24.3 Å². The first kappa shape index (κ1) is 14.7. The van der Waals surface area contributed by atoms with Crippen LogP contribution in [0, 0.1) is 0 Å². The summed E-state index contributed by atoms with van der Waals surface area (Å²) in [5.41, 5.74) is 0.937. The molecule has 0 radical (unpaired) electrons. The molecule has 0 fully saturated rings. The molecule has 0 aliphatic heterocycles. The van der Waals surface area contributed by atoms with Crippen LogP contribution in [0.4, 0.5) is 0 Å². The molecule has 0 aromatic heterocycles. The summed E-state index contributed by atoms with van der Waals surface area (Å²) in [5.74, 6) is 1.50. The third kappa shape index (κ3) is 4.76. The monoisotopic (exact) mass is 318 g/mol. The van der Waals surface area contributed by atoms with Crippen molar-refractivity contribution in [3.63, 3.8) is 0 Å². The van der Waals surface area contributed by atoms with Gasteiger partial charge in [-0.05, 0) is 31.6 Å². The van der Waals surface area contributed by atoms with Crippen molar-refractivity contribution in [3.8, 4) is 0 Å². The molecule has 0 saturated heterocycles. The van der Waals surface area contributed by atoms with E-state index in [2.05, 4.69) is 15.9 Å². The predicted molar refractivity (Wildman–Crippen MR) is 74.0 cm³/mol. The molecule has 0 spiro atoms. The normalized spacial score (nSPS) is 12.2. The topological polar surface area (TPSA) is 35.5 Å². The van der Waals surface area contributed by atoms with Gasteiger partial charge >= 0.3 is 7.60 Å². The van der Waals surface area contributed by atoms with Crippen molar-refractivity contribution in [2.75, 3.05) is 13.2 Å². The van der Waals surface area contributed by atoms with Gasteiger partial charge in [-0.1, -0.05) is 34.1 Å². The Labute approximate surface area is 110 Å². The van der Waals surface area contributed by atoms with Crippen LogP contribution in [0.5, 0.6) is 0 Å². The summed E-state index contributed by atoms with van der Waals surface area (Å²) in [6, 6.07) is 7.68. The molecule has 0 aliphatic rings. The second-order valence-corrected chi connectivity index (χ2v) is 5.96. The minimum absolute atomic E-state index is 0.359. The minimum atomic E-state index is -3.11. The molecule has 0 N–H and O–H groups in total. The van der Waals surface area contributed by atoms with Crippen molar-refractivity contribution in [1.82, 2.24) is 0 Å². The zero-order valence-corrected chi connectivity index (χ0v) is 12.4. The lowest BCUT2D eigenvalue weighted by molar-refractivity contribution is 0.229. The number of halogens is 1. The highest BCUT2D eigenvalue weighted by atomic mass is 79.9. The van der Waals surface area contributed by atoms with E-state index in [0.29, 0.717) is 13.2 Å². The molecule has 0 unspecified atom stereocenters. The Morgan fingerprint density at radius 2 is 1.82 bits per heavy atom. The van der Waals surface area contributed by atoms with Crippen LogP contribution in [-0.2, 0) is 13.6 Å². The Hall–Kier alpha value is -0.410. The maximum atomic E-state index is 12.2. The second-order valence-electron chi connectivity index (χ2n) is 3.21. The highest BCUT2D eigenvalue weighted by molar-refractivity contribution is 9.10. The smallest absolute Gasteiger partial charge is 0.306 e. The predicted octanol–water partition coefficient (Wildman–Crippen LogP) is 4.69. The van der Waals surface area contributed by atoms with E-state index in [0.717, 1.165) is 10.0 Å². The number of rotatable bonds is 6. The van der Waals surface area contributed by atoms with Crippen LogP contribution in [0.15, 0.2) is 34.6 Å². The molecular formula is C12H16BrO3P. The number of benzene rings is 1. The number of hydrogen-bond donors (Lipinski definition) is 0.